The van der Waals surface area contributed by atoms with Crippen LogP contribution in [0.5, 0.6) is 0 Å². The first-order chi connectivity index (χ1) is 10.5. The lowest BCUT2D eigenvalue weighted by Crippen LogP contribution is -2.47. The predicted molar refractivity (Wildman–Crippen MR) is 87.1 cm³/mol. The van der Waals surface area contributed by atoms with Gasteiger partial charge in [-0.3, -0.25) is 4.79 Å². The average Bonchev–Trinajstić information content (AvgIpc) is 2.50. The summed E-state index contributed by atoms with van der Waals surface area (Å²) in [5.74, 6) is 0.586. The van der Waals surface area contributed by atoms with Crippen LogP contribution in [0.1, 0.15) is 26.2 Å². The molecule has 7 heteroatoms. The number of ether oxygens (including phenoxy) is 2. The number of nitrogens with one attached hydrogen (secondary N) is 2. The Balaban J connectivity index is 2.51. The molecule has 0 aromatic rings. The van der Waals surface area contributed by atoms with Crippen LogP contribution in [0.4, 0.5) is 0 Å². The second-order valence-corrected chi connectivity index (χ2v) is 5.82. The van der Waals surface area contributed by atoms with Crippen molar-refractivity contribution in [1.82, 2.24) is 15.5 Å². The number of nitrogens with zero attached hydrogens (tertiary/aromatic N) is 2. The number of carbonyl (C=O) groups is 1. The van der Waals surface area contributed by atoms with Crippen LogP contribution in [0, 0.1) is 0 Å². The zero-order chi connectivity index (χ0) is 16.4. The molecule has 22 heavy (non-hydrogen) atoms. The summed E-state index contributed by atoms with van der Waals surface area (Å²) in [4.78, 5) is 17.6. The average molecular weight is 314 g/mol. The Morgan fingerprint density at radius 3 is 2.82 bits per heavy atom. The van der Waals surface area contributed by atoms with Gasteiger partial charge in [0.15, 0.2) is 5.96 Å². The SMILES string of the molecule is COCC(C)NC(=NCC(=O)N(C)C)NCC1CCCCO1. The molecule has 2 N–H and O–H groups in total. The quantitative estimate of drug-likeness (QED) is 0.519. The van der Waals surface area contributed by atoms with Crippen molar-refractivity contribution in [1.29, 1.82) is 0 Å². The van der Waals surface area contributed by atoms with E-state index >= 15 is 0 Å². The van der Waals surface area contributed by atoms with Crippen LogP contribution in [0.2, 0.25) is 0 Å². The van der Waals surface area contributed by atoms with E-state index in [2.05, 4.69) is 15.6 Å². The first-order valence-electron chi connectivity index (χ1n) is 7.88. The van der Waals surface area contributed by atoms with Crippen LogP contribution in [0.15, 0.2) is 4.99 Å². The first kappa shape index (κ1) is 18.7. The maximum absolute atomic E-state index is 11.7. The van der Waals surface area contributed by atoms with Gasteiger partial charge in [0.2, 0.25) is 5.91 Å². The van der Waals surface area contributed by atoms with Crippen molar-refractivity contribution >= 4 is 11.9 Å². The van der Waals surface area contributed by atoms with Crippen LogP contribution >= 0.6 is 0 Å². The highest BCUT2D eigenvalue weighted by Crippen LogP contribution is 2.11. The van der Waals surface area contributed by atoms with Gasteiger partial charge in [0.1, 0.15) is 6.54 Å². The number of amides is 1. The van der Waals surface area contributed by atoms with Gasteiger partial charge in [-0.1, -0.05) is 0 Å². The van der Waals surface area contributed by atoms with Gasteiger partial charge < -0.3 is 25.0 Å². The van der Waals surface area contributed by atoms with E-state index in [0.29, 0.717) is 19.1 Å². The summed E-state index contributed by atoms with van der Waals surface area (Å²) in [6, 6.07) is 0.109. The smallest absolute Gasteiger partial charge is 0.243 e. The normalized spacial score (nSPS) is 20.4. The van der Waals surface area contributed by atoms with Crippen LogP contribution in [-0.4, -0.2) is 76.4 Å². The third-order valence-corrected chi connectivity index (χ3v) is 3.44. The Morgan fingerprint density at radius 1 is 1.45 bits per heavy atom. The van der Waals surface area contributed by atoms with Crippen molar-refractivity contribution in [2.75, 3.05) is 47.5 Å². The molecule has 1 rings (SSSR count). The third kappa shape index (κ3) is 7.61. The van der Waals surface area contributed by atoms with Crippen LogP contribution < -0.4 is 10.6 Å². The molecule has 1 fully saturated rings. The minimum Gasteiger partial charge on any atom is -0.383 e. The van der Waals surface area contributed by atoms with Crippen molar-refractivity contribution in [3.8, 4) is 0 Å². The molecule has 2 unspecified atom stereocenters. The number of methoxy groups -OCH3 is 1. The molecule has 0 aromatic heterocycles. The number of likely N-dealkylation sites (N-methyl/N-ethyl adjacent to an activating group) is 1. The Morgan fingerprint density at radius 2 is 2.23 bits per heavy atom. The van der Waals surface area contributed by atoms with E-state index < -0.39 is 0 Å². The second kappa shape index (κ2) is 10.4. The molecule has 1 amide bonds. The van der Waals surface area contributed by atoms with E-state index in [1.54, 1.807) is 21.2 Å². The largest absolute Gasteiger partial charge is 0.383 e. The molecule has 1 aliphatic heterocycles. The van der Waals surface area contributed by atoms with E-state index in [9.17, 15) is 4.79 Å². The molecule has 0 spiro atoms. The fourth-order valence-corrected chi connectivity index (χ4v) is 2.14. The molecule has 2 atom stereocenters. The summed E-state index contributed by atoms with van der Waals surface area (Å²) in [6.45, 7) is 4.22. The Bertz CT molecular complexity index is 355. The van der Waals surface area contributed by atoms with Gasteiger partial charge in [0.05, 0.1) is 12.7 Å². The fraction of sp³-hybridized carbons (Fsp3) is 0.867. The van der Waals surface area contributed by atoms with Gasteiger partial charge in [0, 0.05) is 40.4 Å². The molecule has 1 aliphatic rings. The van der Waals surface area contributed by atoms with Gasteiger partial charge in [0.25, 0.3) is 0 Å². The van der Waals surface area contributed by atoms with Gasteiger partial charge >= 0.3 is 0 Å². The topological polar surface area (TPSA) is 75.2 Å². The van der Waals surface area contributed by atoms with Crippen LogP contribution in [0.25, 0.3) is 0 Å². The number of hydrogen-bond acceptors (Lipinski definition) is 4. The third-order valence-electron chi connectivity index (χ3n) is 3.44. The zero-order valence-electron chi connectivity index (χ0n) is 14.2. The zero-order valence-corrected chi connectivity index (χ0v) is 14.2. The van der Waals surface area contributed by atoms with Crippen molar-refractivity contribution in [3.05, 3.63) is 0 Å². The maximum atomic E-state index is 11.7. The highest BCUT2D eigenvalue weighted by atomic mass is 16.5. The summed E-state index contributed by atoms with van der Waals surface area (Å²) in [7, 11) is 5.11. The molecule has 128 valence electrons. The minimum atomic E-state index is -0.0330. The number of guanidine groups is 1. The number of rotatable bonds is 7. The standard InChI is InChI=1S/C15H30N4O3/c1-12(11-21-4)18-15(17-10-14(20)19(2)3)16-9-13-7-5-6-8-22-13/h12-13H,5-11H2,1-4H3,(H2,16,17,18). The molecule has 0 saturated carbocycles. The Labute approximate surface area is 133 Å². The van der Waals surface area contributed by atoms with E-state index in [4.69, 9.17) is 9.47 Å². The lowest BCUT2D eigenvalue weighted by molar-refractivity contribution is -0.127. The van der Waals surface area contributed by atoms with Crippen molar-refractivity contribution in [2.24, 2.45) is 4.99 Å². The van der Waals surface area contributed by atoms with Crippen molar-refractivity contribution in [2.45, 2.75) is 38.3 Å². The first-order valence-corrected chi connectivity index (χ1v) is 7.88. The Hall–Kier alpha value is -1.34. The maximum Gasteiger partial charge on any atom is 0.243 e. The van der Waals surface area contributed by atoms with Crippen molar-refractivity contribution < 1.29 is 14.3 Å². The second-order valence-electron chi connectivity index (χ2n) is 5.82. The summed E-state index contributed by atoms with van der Waals surface area (Å²) < 4.78 is 10.8. The number of aliphatic imine (C=N–C) groups is 1. The highest BCUT2D eigenvalue weighted by Gasteiger charge is 2.15. The summed E-state index contributed by atoms with van der Waals surface area (Å²) in [5.41, 5.74) is 0. The van der Waals surface area contributed by atoms with Gasteiger partial charge in [-0.2, -0.15) is 0 Å². The summed E-state index contributed by atoms with van der Waals surface area (Å²) in [5, 5.41) is 6.50. The number of carbonyl (C=O) groups excluding carboxylic acids is 1. The lowest BCUT2D eigenvalue weighted by Gasteiger charge is -2.25. The van der Waals surface area contributed by atoms with Crippen LogP contribution in [-0.2, 0) is 14.3 Å². The van der Waals surface area contributed by atoms with Gasteiger partial charge in [-0.05, 0) is 26.2 Å². The molecule has 0 aliphatic carbocycles. The van der Waals surface area contributed by atoms with Gasteiger partial charge in [-0.15, -0.1) is 0 Å². The fourth-order valence-electron chi connectivity index (χ4n) is 2.14. The number of hydrogen-bond donors (Lipinski definition) is 2. The van der Waals surface area contributed by atoms with Gasteiger partial charge in [-0.25, -0.2) is 4.99 Å². The monoisotopic (exact) mass is 314 g/mol. The molecule has 7 nitrogen and oxygen atoms in total. The summed E-state index contributed by atoms with van der Waals surface area (Å²) >= 11 is 0. The molecular weight excluding hydrogens is 284 g/mol. The highest BCUT2D eigenvalue weighted by molar-refractivity contribution is 5.84. The van der Waals surface area contributed by atoms with Crippen LogP contribution in [0.3, 0.4) is 0 Å². The van der Waals surface area contributed by atoms with E-state index in [-0.39, 0.29) is 24.6 Å². The molecule has 0 bridgehead atoms. The minimum absolute atomic E-state index is 0.0330. The molecule has 1 saturated heterocycles. The van der Waals surface area contributed by atoms with E-state index in [0.717, 1.165) is 19.4 Å². The van der Waals surface area contributed by atoms with E-state index in [1.807, 2.05) is 6.92 Å². The molecule has 0 radical (unpaired) electrons. The Kier molecular flexibility index (Phi) is 8.84. The molecular formula is C15H30N4O3. The predicted octanol–water partition coefficient (Wildman–Crippen LogP) is 0.214. The summed E-state index contributed by atoms with van der Waals surface area (Å²) in [6.07, 6.45) is 3.61. The molecule has 0 aromatic carbocycles. The molecule has 1 heterocycles. The van der Waals surface area contributed by atoms with E-state index in [1.165, 1.54) is 11.3 Å². The lowest BCUT2D eigenvalue weighted by atomic mass is 10.1. The van der Waals surface area contributed by atoms with Crippen molar-refractivity contribution in [3.63, 3.8) is 0 Å².